The molecule has 0 bridgehead atoms. The summed E-state index contributed by atoms with van der Waals surface area (Å²) >= 11 is 5.11. The average molecular weight is 281 g/mol. The third-order valence-corrected chi connectivity index (χ3v) is 1.83. The van der Waals surface area contributed by atoms with Crippen molar-refractivity contribution in [3.63, 3.8) is 0 Å². The molecule has 0 radical (unpaired) electrons. The maximum atomic E-state index is 12.4. The molecule has 2 N–H and O–H groups in total. The molecule has 1 rings (SSSR count). The van der Waals surface area contributed by atoms with E-state index < -0.39 is 34.7 Å². The van der Waals surface area contributed by atoms with Crippen LogP contribution in [-0.4, -0.2) is 11.3 Å². The van der Waals surface area contributed by atoms with E-state index in [9.17, 15) is 26.3 Å². The molecule has 0 aromatic carbocycles. The Labute approximate surface area is 95.1 Å². The van der Waals surface area contributed by atoms with Crippen LogP contribution in [0.3, 0.4) is 0 Å². The second kappa shape index (κ2) is 4.13. The minimum Gasteiger partial charge on any atom is -0.402 e. The number of rotatable bonds is 1. The molecule has 0 atom stereocenters. The summed E-state index contributed by atoms with van der Waals surface area (Å²) in [6.07, 6.45) is -9.84. The molecular formula is C7H3ClF6N2O. The maximum Gasteiger partial charge on any atom is 0.573 e. The molecule has 0 aliphatic rings. The zero-order valence-electron chi connectivity index (χ0n) is 7.66. The van der Waals surface area contributed by atoms with E-state index in [2.05, 4.69) is 9.72 Å². The molecule has 10 heteroatoms. The Kier molecular flexibility index (Phi) is 3.33. The van der Waals surface area contributed by atoms with Gasteiger partial charge in [-0.15, -0.1) is 13.2 Å². The topological polar surface area (TPSA) is 48.1 Å². The van der Waals surface area contributed by atoms with Gasteiger partial charge in [0.15, 0.2) is 5.75 Å². The number of anilines is 1. The number of pyridine rings is 1. The lowest BCUT2D eigenvalue weighted by molar-refractivity contribution is -0.274. The van der Waals surface area contributed by atoms with Gasteiger partial charge in [0.2, 0.25) is 0 Å². The van der Waals surface area contributed by atoms with E-state index in [1.54, 1.807) is 0 Å². The number of nitrogens with zero attached hydrogens (tertiary/aromatic N) is 1. The van der Waals surface area contributed by atoms with Crippen LogP contribution in [0.4, 0.5) is 32.0 Å². The van der Waals surface area contributed by atoms with Crippen molar-refractivity contribution in [1.82, 2.24) is 4.98 Å². The molecule has 0 saturated heterocycles. The first-order valence-corrected chi connectivity index (χ1v) is 4.17. The SMILES string of the molecule is Nc1c(OC(F)(F)F)cnc(Cl)c1C(F)(F)F. The Bertz CT molecular complexity index is 430. The van der Waals surface area contributed by atoms with Gasteiger partial charge in [-0.05, 0) is 0 Å². The predicted molar refractivity (Wildman–Crippen MR) is 45.3 cm³/mol. The van der Waals surface area contributed by atoms with Gasteiger partial charge >= 0.3 is 12.5 Å². The standard InChI is InChI=1S/C7H3ClF6N2O/c8-5-3(6(9,10)11)4(15)2(1-16-5)17-7(12,13)14/h1H,(H2,15,16). The molecule has 1 aromatic rings. The molecule has 17 heavy (non-hydrogen) atoms. The molecule has 0 spiro atoms. The van der Waals surface area contributed by atoms with Gasteiger partial charge in [0, 0.05) is 0 Å². The summed E-state index contributed by atoms with van der Waals surface area (Å²) in [6, 6.07) is 0. The highest BCUT2D eigenvalue weighted by Crippen LogP contribution is 2.42. The Morgan fingerprint density at radius 2 is 1.71 bits per heavy atom. The molecule has 0 amide bonds. The van der Waals surface area contributed by atoms with Crippen LogP contribution in [0.2, 0.25) is 5.15 Å². The van der Waals surface area contributed by atoms with Crippen molar-refractivity contribution in [2.24, 2.45) is 0 Å². The summed E-state index contributed by atoms with van der Waals surface area (Å²) in [5, 5.41) is -1.05. The number of hydrogen-bond donors (Lipinski definition) is 1. The molecule has 0 aliphatic carbocycles. The molecule has 0 aliphatic heterocycles. The summed E-state index contributed by atoms with van der Waals surface area (Å²) in [7, 11) is 0. The summed E-state index contributed by atoms with van der Waals surface area (Å²) in [5.74, 6) is -1.26. The number of aromatic nitrogens is 1. The summed E-state index contributed by atoms with van der Waals surface area (Å²) in [4.78, 5) is 2.93. The van der Waals surface area contributed by atoms with E-state index in [0.29, 0.717) is 6.20 Å². The van der Waals surface area contributed by atoms with Gasteiger partial charge in [0.1, 0.15) is 10.7 Å². The van der Waals surface area contributed by atoms with Crippen molar-refractivity contribution in [3.8, 4) is 5.75 Å². The predicted octanol–water partition coefficient (Wildman–Crippen LogP) is 3.23. The molecule has 0 fully saturated rings. The fraction of sp³-hybridized carbons (Fsp3) is 0.286. The smallest absolute Gasteiger partial charge is 0.402 e. The fourth-order valence-electron chi connectivity index (χ4n) is 0.959. The molecule has 1 aromatic heterocycles. The number of nitrogen functional groups attached to an aromatic ring is 1. The zero-order chi connectivity index (χ0) is 13.4. The van der Waals surface area contributed by atoms with Gasteiger partial charge in [0.05, 0.1) is 11.9 Å². The Balaban J connectivity index is 3.30. The van der Waals surface area contributed by atoms with Gasteiger partial charge in [-0.25, -0.2) is 4.98 Å². The summed E-state index contributed by atoms with van der Waals surface area (Å²) < 4.78 is 75.9. The van der Waals surface area contributed by atoms with Gasteiger partial charge < -0.3 is 10.5 Å². The molecule has 0 unspecified atom stereocenters. The first-order valence-electron chi connectivity index (χ1n) is 3.79. The van der Waals surface area contributed by atoms with Crippen molar-refractivity contribution in [2.75, 3.05) is 5.73 Å². The van der Waals surface area contributed by atoms with Crippen molar-refractivity contribution in [3.05, 3.63) is 16.9 Å². The summed E-state index contributed by atoms with van der Waals surface area (Å²) in [5.41, 5.74) is 1.97. The first-order chi connectivity index (χ1) is 7.52. The molecule has 96 valence electrons. The lowest BCUT2D eigenvalue weighted by atomic mass is 10.2. The highest BCUT2D eigenvalue weighted by Gasteiger charge is 2.40. The van der Waals surface area contributed by atoms with Crippen molar-refractivity contribution < 1.29 is 31.1 Å². The fourth-order valence-corrected chi connectivity index (χ4v) is 1.22. The largest absolute Gasteiger partial charge is 0.573 e. The third kappa shape index (κ3) is 3.29. The second-order valence-electron chi connectivity index (χ2n) is 2.75. The Morgan fingerprint density at radius 1 is 1.18 bits per heavy atom. The number of ether oxygens (including phenoxy) is 1. The van der Waals surface area contributed by atoms with E-state index >= 15 is 0 Å². The minimum atomic E-state index is -5.17. The van der Waals surface area contributed by atoms with Crippen LogP contribution in [-0.2, 0) is 6.18 Å². The van der Waals surface area contributed by atoms with Crippen LogP contribution in [0, 0.1) is 0 Å². The molecule has 0 saturated carbocycles. The number of hydrogen-bond acceptors (Lipinski definition) is 3. The van der Waals surface area contributed by atoms with Crippen LogP contribution in [0.5, 0.6) is 5.75 Å². The molecule has 1 heterocycles. The van der Waals surface area contributed by atoms with Crippen LogP contribution in [0.25, 0.3) is 0 Å². The average Bonchev–Trinajstić information content (AvgIpc) is 2.06. The van der Waals surface area contributed by atoms with Gasteiger partial charge in [-0.1, -0.05) is 11.6 Å². The highest BCUT2D eigenvalue weighted by molar-refractivity contribution is 6.30. The number of halogens is 7. The van der Waals surface area contributed by atoms with E-state index in [-0.39, 0.29) is 0 Å². The lowest BCUT2D eigenvalue weighted by Gasteiger charge is -2.15. The lowest BCUT2D eigenvalue weighted by Crippen LogP contribution is -2.20. The van der Waals surface area contributed by atoms with Crippen LogP contribution in [0.15, 0.2) is 6.20 Å². The number of alkyl halides is 6. The minimum absolute atomic E-state index is 0.362. The van der Waals surface area contributed by atoms with Gasteiger partial charge in [0.25, 0.3) is 0 Å². The monoisotopic (exact) mass is 280 g/mol. The Morgan fingerprint density at radius 3 is 2.12 bits per heavy atom. The van der Waals surface area contributed by atoms with E-state index in [4.69, 9.17) is 17.3 Å². The third-order valence-electron chi connectivity index (χ3n) is 1.55. The van der Waals surface area contributed by atoms with Crippen molar-refractivity contribution >= 4 is 17.3 Å². The van der Waals surface area contributed by atoms with E-state index in [1.165, 1.54) is 0 Å². The van der Waals surface area contributed by atoms with Crippen LogP contribution >= 0.6 is 11.6 Å². The quantitative estimate of drug-likeness (QED) is 0.634. The van der Waals surface area contributed by atoms with E-state index in [1.807, 2.05) is 0 Å². The van der Waals surface area contributed by atoms with E-state index in [0.717, 1.165) is 0 Å². The van der Waals surface area contributed by atoms with Crippen molar-refractivity contribution in [1.29, 1.82) is 0 Å². The summed E-state index contributed by atoms with van der Waals surface area (Å²) in [6.45, 7) is 0. The van der Waals surface area contributed by atoms with Gasteiger partial charge in [-0.2, -0.15) is 13.2 Å². The number of nitrogens with two attached hydrogens (primary N) is 1. The highest BCUT2D eigenvalue weighted by atomic mass is 35.5. The molecular weight excluding hydrogens is 278 g/mol. The second-order valence-corrected chi connectivity index (χ2v) is 3.11. The maximum absolute atomic E-state index is 12.4. The van der Waals surface area contributed by atoms with Crippen molar-refractivity contribution in [2.45, 2.75) is 12.5 Å². The normalized spacial score (nSPS) is 12.6. The zero-order valence-corrected chi connectivity index (χ0v) is 8.41. The Hall–Kier alpha value is -1.38. The van der Waals surface area contributed by atoms with Gasteiger partial charge in [-0.3, -0.25) is 0 Å². The molecule has 3 nitrogen and oxygen atoms in total. The van der Waals surface area contributed by atoms with Crippen LogP contribution < -0.4 is 10.5 Å². The first kappa shape index (κ1) is 13.7. The van der Waals surface area contributed by atoms with Crippen LogP contribution in [0.1, 0.15) is 5.56 Å².